The predicted octanol–water partition coefficient (Wildman–Crippen LogP) is 4.78. The van der Waals surface area contributed by atoms with Crippen molar-refractivity contribution in [3.8, 4) is 0 Å². The Hall–Kier alpha value is -0.680. The van der Waals surface area contributed by atoms with Crippen molar-refractivity contribution in [1.29, 1.82) is 0 Å². The topological polar surface area (TPSA) is 0 Å². The van der Waals surface area contributed by atoms with E-state index in [1.54, 1.807) is 0 Å². The molecule has 1 heterocycles. The van der Waals surface area contributed by atoms with Gasteiger partial charge in [-0.2, -0.15) is 0 Å². The van der Waals surface area contributed by atoms with Gasteiger partial charge in [0, 0.05) is 10.6 Å². The zero-order valence-corrected chi connectivity index (χ0v) is 9.61. The zero-order valence-electron chi connectivity index (χ0n) is 8.71. The molecule has 0 bridgehead atoms. The molecule has 0 radical (unpaired) electrons. The molecule has 1 aliphatic heterocycles. The van der Waals surface area contributed by atoms with E-state index < -0.39 is 8.23 Å². The third-order valence-corrected chi connectivity index (χ3v) is 4.26. The average molecular weight is 208 g/mol. The fraction of sp³-hybridized carbons (Fsp3) is 0.333. The fourth-order valence-corrected chi connectivity index (χ4v) is 3.47. The van der Waals surface area contributed by atoms with Crippen LogP contribution in [0.4, 0.5) is 4.20 Å². The molecule has 0 saturated carbocycles. The van der Waals surface area contributed by atoms with Gasteiger partial charge in [0.2, 0.25) is 0 Å². The molecule has 0 N–H and O–H groups in total. The van der Waals surface area contributed by atoms with Gasteiger partial charge in [-0.25, -0.2) is 4.20 Å². The monoisotopic (exact) mass is 208 g/mol. The third kappa shape index (κ3) is 1.62. The van der Waals surface area contributed by atoms with Crippen molar-refractivity contribution < 1.29 is 4.20 Å². The SMILES string of the molecule is CC(C)(C)C1=C(c2ccccc2)P1F. The molecule has 1 aliphatic rings. The lowest BCUT2D eigenvalue weighted by Gasteiger charge is -2.12. The number of allylic oxidation sites excluding steroid dienone is 1. The molecule has 2 heteroatoms. The van der Waals surface area contributed by atoms with E-state index in [1.165, 1.54) is 0 Å². The van der Waals surface area contributed by atoms with Crippen LogP contribution in [0.15, 0.2) is 35.6 Å². The highest BCUT2D eigenvalue weighted by Crippen LogP contribution is 2.79. The highest BCUT2D eigenvalue weighted by Gasteiger charge is 2.45. The lowest BCUT2D eigenvalue weighted by atomic mass is 9.95. The molecule has 1 aromatic carbocycles. The Morgan fingerprint density at radius 1 is 1.07 bits per heavy atom. The first kappa shape index (κ1) is 9.86. The van der Waals surface area contributed by atoms with E-state index in [1.807, 2.05) is 30.3 Å². The molecule has 14 heavy (non-hydrogen) atoms. The summed E-state index contributed by atoms with van der Waals surface area (Å²) in [5.41, 5.74) is 1.05. The Morgan fingerprint density at radius 2 is 1.64 bits per heavy atom. The average Bonchev–Trinajstić information content (AvgIpc) is 2.78. The molecule has 0 aromatic heterocycles. The van der Waals surface area contributed by atoms with Crippen LogP contribution < -0.4 is 0 Å². The molecule has 0 fully saturated rings. The second-order valence-corrected chi connectivity index (χ2v) is 6.05. The van der Waals surface area contributed by atoms with E-state index in [4.69, 9.17) is 0 Å². The molecule has 0 saturated heterocycles. The first-order chi connectivity index (χ1) is 6.52. The Labute approximate surface area is 85.7 Å². The molecule has 1 atom stereocenters. The molecule has 0 aliphatic carbocycles. The quantitative estimate of drug-likeness (QED) is 0.582. The van der Waals surface area contributed by atoms with E-state index in [9.17, 15) is 4.20 Å². The lowest BCUT2D eigenvalue weighted by molar-refractivity contribution is 0.537. The summed E-state index contributed by atoms with van der Waals surface area (Å²) in [7, 11) is -1.43. The van der Waals surface area contributed by atoms with Gasteiger partial charge in [-0.1, -0.05) is 51.1 Å². The van der Waals surface area contributed by atoms with Gasteiger partial charge in [0.1, 0.15) is 8.23 Å². The highest BCUT2D eigenvalue weighted by molar-refractivity contribution is 7.77. The summed E-state index contributed by atoms with van der Waals surface area (Å²) in [6, 6.07) is 9.86. The minimum atomic E-state index is -1.43. The minimum Gasteiger partial charge on any atom is -0.217 e. The third-order valence-electron chi connectivity index (χ3n) is 2.32. The summed E-state index contributed by atoms with van der Waals surface area (Å²) in [6.07, 6.45) is 0. The van der Waals surface area contributed by atoms with Crippen molar-refractivity contribution >= 4 is 13.5 Å². The van der Waals surface area contributed by atoms with Crippen LogP contribution in [0.2, 0.25) is 0 Å². The van der Waals surface area contributed by atoms with Crippen LogP contribution in [0.1, 0.15) is 26.3 Å². The van der Waals surface area contributed by atoms with Gasteiger partial charge in [-0.05, 0) is 11.0 Å². The van der Waals surface area contributed by atoms with E-state index in [0.717, 1.165) is 16.2 Å². The Balaban J connectivity index is 2.35. The van der Waals surface area contributed by atoms with Gasteiger partial charge in [-0.3, -0.25) is 0 Å². The molecular formula is C12H14FP. The minimum absolute atomic E-state index is 0.00831. The van der Waals surface area contributed by atoms with Crippen LogP contribution in [-0.4, -0.2) is 0 Å². The van der Waals surface area contributed by atoms with Crippen LogP contribution >= 0.6 is 8.23 Å². The van der Waals surface area contributed by atoms with Gasteiger partial charge in [0.15, 0.2) is 0 Å². The second kappa shape index (κ2) is 3.17. The molecule has 1 unspecified atom stereocenters. The van der Waals surface area contributed by atoms with Crippen LogP contribution in [-0.2, 0) is 0 Å². The Bertz CT molecular complexity index is 373. The van der Waals surface area contributed by atoms with Gasteiger partial charge in [0.25, 0.3) is 0 Å². The maximum atomic E-state index is 13.6. The van der Waals surface area contributed by atoms with Gasteiger partial charge in [-0.15, -0.1) is 0 Å². The van der Waals surface area contributed by atoms with Crippen molar-refractivity contribution in [2.45, 2.75) is 20.8 Å². The predicted molar refractivity (Wildman–Crippen MR) is 60.8 cm³/mol. The molecule has 74 valence electrons. The number of hydrogen-bond donors (Lipinski definition) is 0. The molecule has 1 aromatic rings. The summed E-state index contributed by atoms with van der Waals surface area (Å²) < 4.78 is 13.6. The van der Waals surface area contributed by atoms with Crippen LogP contribution in [0.3, 0.4) is 0 Å². The maximum Gasteiger partial charge on any atom is 0.142 e. The molecule has 0 spiro atoms. The van der Waals surface area contributed by atoms with Crippen LogP contribution in [0.5, 0.6) is 0 Å². The van der Waals surface area contributed by atoms with Gasteiger partial charge >= 0.3 is 0 Å². The summed E-state index contributed by atoms with van der Waals surface area (Å²) in [4.78, 5) is 0. The standard InChI is InChI=1S/C12H14FP/c1-12(2,3)11-10(14(11)13)9-7-5-4-6-8-9/h4-8H,1-3H3. The van der Waals surface area contributed by atoms with E-state index in [2.05, 4.69) is 20.8 Å². The smallest absolute Gasteiger partial charge is 0.142 e. The lowest BCUT2D eigenvalue weighted by Crippen LogP contribution is -2.00. The summed E-state index contributed by atoms with van der Waals surface area (Å²) in [5, 5.41) is 1.99. The van der Waals surface area contributed by atoms with Gasteiger partial charge in [0.05, 0.1) is 0 Å². The summed E-state index contributed by atoms with van der Waals surface area (Å²) >= 11 is 0. The van der Waals surface area contributed by atoms with E-state index in [0.29, 0.717) is 0 Å². The fourth-order valence-electron chi connectivity index (χ4n) is 1.64. The number of rotatable bonds is 1. The second-order valence-electron chi connectivity index (χ2n) is 4.59. The van der Waals surface area contributed by atoms with Crippen molar-refractivity contribution in [1.82, 2.24) is 0 Å². The van der Waals surface area contributed by atoms with E-state index in [-0.39, 0.29) is 5.41 Å². The molecule has 2 rings (SSSR count). The zero-order chi connectivity index (χ0) is 10.3. The first-order valence-corrected chi connectivity index (χ1v) is 6.01. The van der Waals surface area contributed by atoms with Crippen molar-refractivity contribution in [3.05, 3.63) is 41.2 Å². The van der Waals surface area contributed by atoms with E-state index >= 15 is 0 Å². The maximum absolute atomic E-state index is 13.6. The summed E-state index contributed by atoms with van der Waals surface area (Å²) in [5.74, 6) is 0. The largest absolute Gasteiger partial charge is 0.217 e. The van der Waals surface area contributed by atoms with Crippen molar-refractivity contribution in [2.24, 2.45) is 5.41 Å². The van der Waals surface area contributed by atoms with Crippen LogP contribution in [0, 0.1) is 5.41 Å². The number of halogens is 1. The van der Waals surface area contributed by atoms with Crippen LogP contribution in [0.25, 0.3) is 5.31 Å². The number of benzene rings is 1. The molecule has 0 amide bonds. The summed E-state index contributed by atoms with van der Waals surface area (Å²) in [6.45, 7) is 6.23. The normalized spacial score (nSPS) is 21.3. The Kier molecular flexibility index (Phi) is 2.23. The first-order valence-electron chi connectivity index (χ1n) is 4.78. The molecule has 0 nitrogen and oxygen atoms in total. The number of hydrogen-bond acceptors (Lipinski definition) is 0. The highest BCUT2D eigenvalue weighted by atomic mass is 31.2. The Morgan fingerprint density at radius 3 is 2.07 bits per heavy atom. The van der Waals surface area contributed by atoms with Crippen molar-refractivity contribution in [3.63, 3.8) is 0 Å². The molecular weight excluding hydrogens is 194 g/mol. The van der Waals surface area contributed by atoms with Crippen molar-refractivity contribution in [2.75, 3.05) is 0 Å². The van der Waals surface area contributed by atoms with Gasteiger partial charge < -0.3 is 0 Å².